The summed E-state index contributed by atoms with van der Waals surface area (Å²) in [6.07, 6.45) is 19.5. The highest BCUT2D eigenvalue weighted by atomic mass is 32.2. The van der Waals surface area contributed by atoms with E-state index in [2.05, 4.69) is 32.9 Å². The van der Waals surface area contributed by atoms with Crippen LogP contribution < -0.4 is 5.32 Å². The Kier molecular flexibility index (Phi) is 14.0. The topological polar surface area (TPSA) is 119 Å². The van der Waals surface area contributed by atoms with Crippen molar-refractivity contribution in [3.8, 4) is 11.5 Å². The molecule has 1 aliphatic rings. The van der Waals surface area contributed by atoms with Crippen molar-refractivity contribution in [3.63, 3.8) is 0 Å². The minimum Gasteiger partial charge on any atom is -0.507 e. The Balaban J connectivity index is 1.31. The van der Waals surface area contributed by atoms with E-state index in [-0.39, 0.29) is 23.1 Å². The first-order chi connectivity index (χ1) is 19.5. The Morgan fingerprint density at radius 3 is 1.82 bits per heavy atom. The van der Waals surface area contributed by atoms with E-state index in [0.29, 0.717) is 11.3 Å². The van der Waals surface area contributed by atoms with Gasteiger partial charge in [-0.05, 0) is 22.9 Å². The molecular formula is C31H45N5O3S. The lowest BCUT2D eigenvalue weighted by Crippen LogP contribution is -2.13. The van der Waals surface area contributed by atoms with Gasteiger partial charge in [-0.2, -0.15) is 0 Å². The third kappa shape index (κ3) is 10.6. The van der Waals surface area contributed by atoms with Gasteiger partial charge >= 0.3 is 0 Å². The van der Waals surface area contributed by atoms with Crippen LogP contribution in [-0.2, 0) is 9.79 Å². The molecule has 0 aliphatic carbocycles. The summed E-state index contributed by atoms with van der Waals surface area (Å²) in [5, 5.41) is 39.5. The van der Waals surface area contributed by atoms with Crippen LogP contribution in [0.3, 0.4) is 0 Å². The van der Waals surface area contributed by atoms with E-state index in [0.717, 1.165) is 36.6 Å². The summed E-state index contributed by atoms with van der Waals surface area (Å²) in [6.45, 7) is 2.26. The SMILES string of the molecule is CCCCCCCCCCCCCCCCCC(=O)Nc1cc(O)c(SC2(c3ccccc3)N=NN=N2)cc1O. The quantitative estimate of drug-likeness (QED) is 0.0837. The summed E-state index contributed by atoms with van der Waals surface area (Å²) < 4.78 is 0. The number of carbonyl (C=O) groups excluding carboxylic acids is 1. The lowest BCUT2D eigenvalue weighted by molar-refractivity contribution is -0.116. The molecule has 3 rings (SSSR count). The number of benzene rings is 2. The van der Waals surface area contributed by atoms with E-state index in [1.165, 1.54) is 89.2 Å². The van der Waals surface area contributed by atoms with E-state index < -0.39 is 4.99 Å². The zero-order chi connectivity index (χ0) is 28.5. The molecule has 1 amide bonds. The van der Waals surface area contributed by atoms with Crippen LogP contribution in [0.15, 0.2) is 68.0 Å². The molecule has 8 nitrogen and oxygen atoms in total. The van der Waals surface area contributed by atoms with Crippen molar-refractivity contribution < 1.29 is 15.0 Å². The first-order valence-corrected chi connectivity index (χ1v) is 15.8. The van der Waals surface area contributed by atoms with Gasteiger partial charge in [0.05, 0.1) is 10.6 Å². The molecule has 2 aromatic rings. The molecule has 0 saturated carbocycles. The van der Waals surface area contributed by atoms with Crippen LogP contribution in [0.4, 0.5) is 5.69 Å². The molecule has 218 valence electrons. The van der Waals surface area contributed by atoms with Crippen LogP contribution in [0.5, 0.6) is 11.5 Å². The van der Waals surface area contributed by atoms with E-state index in [1.807, 2.05) is 30.3 Å². The van der Waals surface area contributed by atoms with Crippen molar-refractivity contribution in [2.45, 2.75) is 120 Å². The standard InChI is InChI=1S/C31H45N5O3S/c1-2-3-4-5-6-7-8-9-10-11-12-13-14-15-19-22-30(39)32-26-23-28(38)29(24-27(26)37)40-31(33-35-36-34-31)25-20-17-16-18-21-25/h16-18,20-21,23-24,37-38H,2-15,19,22H2,1H3,(H,32,39). The summed E-state index contributed by atoms with van der Waals surface area (Å²) in [7, 11) is 0. The van der Waals surface area contributed by atoms with Gasteiger partial charge in [0.15, 0.2) is 0 Å². The molecule has 1 aliphatic heterocycles. The van der Waals surface area contributed by atoms with E-state index in [1.54, 1.807) is 0 Å². The molecule has 9 heteroatoms. The number of nitrogens with zero attached hydrogens (tertiary/aromatic N) is 4. The molecule has 0 radical (unpaired) electrons. The largest absolute Gasteiger partial charge is 0.507 e. The number of unbranched alkanes of at least 4 members (excludes halogenated alkanes) is 14. The molecule has 0 atom stereocenters. The van der Waals surface area contributed by atoms with Crippen LogP contribution in [0.2, 0.25) is 0 Å². The fraction of sp³-hybridized carbons (Fsp3) is 0.581. The third-order valence-electron chi connectivity index (χ3n) is 7.16. The minimum absolute atomic E-state index is 0.0994. The Morgan fingerprint density at radius 1 is 0.750 bits per heavy atom. The van der Waals surface area contributed by atoms with E-state index in [4.69, 9.17) is 0 Å². The Labute approximate surface area is 243 Å². The molecule has 1 heterocycles. The maximum Gasteiger partial charge on any atom is 0.270 e. The van der Waals surface area contributed by atoms with Crippen LogP contribution in [0.1, 0.15) is 115 Å². The van der Waals surface area contributed by atoms with Gasteiger partial charge in [-0.1, -0.05) is 139 Å². The van der Waals surface area contributed by atoms with Crippen molar-refractivity contribution in [3.05, 3.63) is 48.0 Å². The Hall–Kier alpha value is -2.94. The number of aromatic hydroxyl groups is 2. The average Bonchev–Trinajstić information content (AvgIpc) is 3.44. The fourth-order valence-corrected chi connectivity index (χ4v) is 5.86. The zero-order valence-electron chi connectivity index (χ0n) is 23.9. The Bertz CT molecular complexity index is 1080. The van der Waals surface area contributed by atoms with Crippen molar-refractivity contribution in [1.29, 1.82) is 0 Å². The van der Waals surface area contributed by atoms with Gasteiger partial charge in [0.1, 0.15) is 11.5 Å². The highest BCUT2D eigenvalue weighted by molar-refractivity contribution is 8.00. The molecule has 0 bridgehead atoms. The molecule has 40 heavy (non-hydrogen) atoms. The van der Waals surface area contributed by atoms with Crippen LogP contribution in [0.25, 0.3) is 0 Å². The van der Waals surface area contributed by atoms with Crippen LogP contribution in [0, 0.1) is 0 Å². The van der Waals surface area contributed by atoms with Gasteiger partial charge in [-0.15, -0.1) is 10.2 Å². The molecule has 0 saturated heterocycles. The molecule has 0 spiro atoms. The van der Waals surface area contributed by atoms with Crippen molar-refractivity contribution in [2.75, 3.05) is 5.32 Å². The lowest BCUT2D eigenvalue weighted by Gasteiger charge is -2.20. The first kappa shape index (κ1) is 31.6. The van der Waals surface area contributed by atoms with E-state index in [9.17, 15) is 15.0 Å². The highest BCUT2D eigenvalue weighted by Crippen LogP contribution is 2.50. The molecular weight excluding hydrogens is 522 g/mol. The monoisotopic (exact) mass is 567 g/mol. The number of rotatable bonds is 20. The van der Waals surface area contributed by atoms with Gasteiger partial charge < -0.3 is 15.5 Å². The molecule has 0 aromatic heterocycles. The highest BCUT2D eigenvalue weighted by Gasteiger charge is 2.38. The van der Waals surface area contributed by atoms with Crippen molar-refractivity contribution in [2.24, 2.45) is 20.7 Å². The lowest BCUT2D eigenvalue weighted by atomic mass is 10.0. The number of amides is 1. The van der Waals surface area contributed by atoms with Crippen LogP contribution >= 0.6 is 11.8 Å². The summed E-state index contributed by atoms with van der Waals surface area (Å²) in [4.78, 5) is 11.6. The number of hydrogen-bond donors (Lipinski definition) is 3. The number of anilines is 1. The fourth-order valence-electron chi connectivity index (χ4n) is 4.81. The van der Waals surface area contributed by atoms with Gasteiger partial charge in [0.2, 0.25) is 5.91 Å². The van der Waals surface area contributed by atoms with Crippen molar-refractivity contribution in [1.82, 2.24) is 0 Å². The maximum absolute atomic E-state index is 12.4. The third-order valence-corrected chi connectivity index (χ3v) is 8.39. The predicted molar refractivity (Wildman–Crippen MR) is 162 cm³/mol. The molecule has 0 fully saturated rings. The first-order valence-electron chi connectivity index (χ1n) is 15.0. The normalized spacial score (nSPS) is 13.6. The minimum atomic E-state index is -1.18. The van der Waals surface area contributed by atoms with Gasteiger partial charge in [-0.25, -0.2) is 0 Å². The number of carbonyl (C=O) groups is 1. The van der Waals surface area contributed by atoms with Gasteiger partial charge in [-0.3, -0.25) is 4.79 Å². The van der Waals surface area contributed by atoms with Gasteiger partial charge in [0.25, 0.3) is 4.99 Å². The maximum atomic E-state index is 12.4. The second kappa shape index (κ2) is 17.7. The van der Waals surface area contributed by atoms with Crippen molar-refractivity contribution >= 4 is 23.4 Å². The molecule has 0 unspecified atom stereocenters. The molecule has 2 aromatic carbocycles. The summed E-state index contributed by atoms with van der Waals surface area (Å²) in [5.41, 5.74) is 0.918. The van der Waals surface area contributed by atoms with Crippen LogP contribution in [-0.4, -0.2) is 16.1 Å². The summed E-state index contributed by atoms with van der Waals surface area (Å²) in [6, 6.07) is 12.0. The number of thioether (sulfide) groups is 1. The summed E-state index contributed by atoms with van der Waals surface area (Å²) in [5.74, 6) is -0.415. The number of phenolic OH excluding ortho intramolecular Hbond substituents is 2. The number of hydrogen-bond acceptors (Lipinski definition) is 8. The molecule has 3 N–H and O–H groups in total. The Morgan fingerprint density at radius 2 is 1.27 bits per heavy atom. The van der Waals surface area contributed by atoms with Gasteiger partial charge in [0, 0.05) is 18.1 Å². The number of phenols is 2. The zero-order valence-corrected chi connectivity index (χ0v) is 24.7. The van der Waals surface area contributed by atoms with E-state index >= 15 is 0 Å². The number of nitrogens with one attached hydrogen (secondary N) is 1. The predicted octanol–water partition coefficient (Wildman–Crippen LogP) is 10.0. The average molecular weight is 568 g/mol. The smallest absolute Gasteiger partial charge is 0.270 e. The summed E-state index contributed by atoms with van der Waals surface area (Å²) >= 11 is 1.11. The second-order valence-corrected chi connectivity index (χ2v) is 11.8. The second-order valence-electron chi connectivity index (χ2n) is 10.5.